The smallest absolute Gasteiger partial charge is 0.275 e. The van der Waals surface area contributed by atoms with Crippen LogP contribution < -0.4 is 10.6 Å². The maximum Gasteiger partial charge on any atom is 0.275 e. The number of anilines is 3. The van der Waals surface area contributed by atoms with E-state index in [4.69, 9.17) is 0 Å². The average Bonchev–Trinajstić information content (AvgIpc) is 2.65. The zero-order valence-electron chi connectivity index (χ0n) is 16.3. The Morgan fingerprint density at radius 3 is 2.25 bits per heavy atom. The van der Waals surface area contributed by atoms with Gasteiger partial charge in [0.1, 0.15) is 11.5 Å². The first kappa shape index (κ1) is 19.2. The minimum absolute atomic E-state index is 0.0620. The molecule has 0 unspecified atom stereocenters. The Kier molecular flexibility index (Phi) is 5.49. The van der Waals surface area contributed by atoms with Gasteiger partial charge in [-0.15, -0.1) is 0 Å². The molecule has 0 fully saturated rings. The molecule has 0 atom stereocenters. The van der Waals surface area contributed by atoms with E-state index < -0.39 is 0 Å². The molecule has 1 amide bonds. The maximum atomic E-state index is 12.4. The first-order valence-electron chi connectivity index (χ1n) is 8.93. The van der Waals surface area contributed by atoms with Crippen LogP contribution in [0.25, 0.3) is 0 Å². The second kappa shape index (κ2) is 8.00. The number of carbonyl (C=O) groups is 2. The van der Waals surface area contributed by atoms with Crippen molar-refractivity contribution in [1.29, 1.82) is 0 Å². The van der Waals surface area contributed by atoms with E-state index in [1.807, 2.05) is 13.8 Å². The molecule has 1 aromatic heterocycles. The fourth-order valence-corrected chi connectivity index (χ4v) is 3.03. The van der Waals surface area contributed by atoms with E-state index in [-0.39, 0.29) is 17.4 Å². The van der Waals surface area contributed by atoms with Gasteiger partial charge in [-0.3, -0.25) is 9.59 Å². The van der Waals surface area contributed by atoms with Crippen molar-refractivity contribution in [3.05, 3.63) is 76.7 Å². The summed E-state index contributed by atoms with van der Waals surface area (Å²) in [6.45, 7) is 7.61. The zero-order valence-corrected chi connectivity index (χ0v) is 16.3. The summed E-state index contributed by atoms with van der Waals surface area (Å²) in [6, 6.07) is 11.0. The second-order valence-electron chi connectivity index (χ2n) is 6.78. The fourth-order valence-electron chi connectivity index (χ4n) is 3.03. The Bertz CT molecular complexity index is 1020. The van der Waals surface area contributed by atoms with Gasteiger partial charge >= 0.3 is 0 Å². The van der Waals surface area contributed by atoms with Crippen LogP contribution in [-0.2, 0) is 0 Å². The lowest BCUT2D eigenvalue weighted by atomic mass is 10.1. The number of aromatic nitrogens is 2. The van der Waals surface area contributed by atoms with E-state index in [9.17, 15) is 9.59 Å². The summed E-state index contributed by atoms with van der Waals surface area (Å²) in [7, 11) is 0. The molecule has 28 heavy (non-hydrogen) atoms. The third kappa shape index (κ3) is 4.40. The summed E-state index contributed by atoms with van der Waals surface area (Å²) in [5, 5.41) is 5.99. The number of carbonyl (C=O) groups excluding carboxylic acids is 2. The highest BCUT2D eigenvalue weighted by molar-refractivity contribution is 6.03. The van der Waals surface area contributed by atoms with Gasteiger partial charge in [0, 0.05) is 16.9 Å². The van der Waals surface area contributed by atoms with Crippen LogP contribution in [-0.4, -0.2) is 21.7 Å². The van der Waals surface area contributed by atoms with Crippen LogP contribution in [0.1, 0.15) is 44.5 Å². The topological polar surface area (TPSA) is 84.0 Å². The lowest BCUT2D eigenvalue weighted by Gasteiger charge is -2.13. The number of hydrogen-bond acceptors (Lipinski definition) is 5. The summed E-state index contributed by atoms with van der Waals surface area (Å²) >= 11 is 0. The summed E-state index contributed by atoms with van der Waals surface area (Å²) in [6.07, 6.45) is 2.95. The Morgan fingerprint density at radius 2 is 1.64 bits per heavy atom. The zero-order chi connectivity index (χ0) is 20.3. The number of ketones is 1. The molecule has 3 rings (SSSR count). The van der Waals surface area contributed by atoms with Crippen molar-refractivity contribution < 1.29 is 9.59 Å². The van der Waals surface area contributed by atoms with Crippen molar-refractivity contribution in [1.82, 2.24) is 9.97 Å². The van der Waals surface area contributed by atoms with Crippen LogP contribution in [0, 0.1) is 20.8 Å². The Morgan fingerprint density at radius 1 is 0.929 bits per heavy atom. The first-order valence-corrected chi connectivity index (χ1v) is 8.93. The van der Waals surface area contributed by atoms with Crippen molar-refractivity contribution >= 4 is 28.9 Å². The average molecular weight is 374 g/mol. The lowest BCUT2D eigenvalue weighted by Crippen LogP contribution is -2.14. The first-order chi connectivity index (χ1) is 13.3. The van der Waals surface area contributed by atoms with Gasteiger partial charge in [-0.2, -0.15) is 0 Å². The molecule has 0 radical (unpaired) electrons. The van der Waals surface area contributed by atoms with Crippen molar-refractivity contribution in [3.63, 3.8) is 0 Å². The van der Waals surface area contributed by atoms with Crippen LogP contribution in [0.5, 0.6) is 0 Å². The van der Waals surface area contributed by atoms with Gasteiger partial charge in [0.2, 0.25) is 0 Å². The molecule has 6 nitrogen and oxygen atoms in total. The molecule has 0 saturated heterocycles. The third-order valence-corrected chi connectivity index (χ3v) is 4.34. The molecular weight excluding hydrogens is 352 g/mol. The predicted octanol–water partition coefficient (Wildman–Crippen LogP) is 4.60. The third-order valence-electron chi connectivity index (χ3n) is 4.34. The lowest BCUT2D eigenvalue weighted by molar-refractivity contribution is 0.100. The van der Waals surface area contributed by atoms with E-state index in [2.05, 4.69) is 39.7 Å². The minimum atomic E-state index is -0.387. The summed E-state index contributed by atoms with van der Waals surface area (Å²) in [5.41, 5.74) is 5.68. The van der Waals surface area contributed by atoms with E-state index in [1.54, 1.807) is 24.3 Å². The van der Waals surface area contributed by atoms with E-state index in [0.29, 0.717) is 17.1 Å². The van der Waals surface area contributed by atoms with Gasteiger partial charge in [0.25, 0.3) is 5.91 Å². The van der Waals surface area contributed by atoms with Crippen LogP contribution >= 0.6 is 0 Å². The molecule has 1 heterocycles. The predicted molar refractivity (Wildman–Crippen MR) is 110 cm³/mol. The summed E-state index contributed by atoms with van der Waals surface area (Å²) in [5.74, 6) is 0.112. The van der Waals surface area contributed by atoms with Crippen LogP contribution in [0.3, 0.4) is 0 Å². The second-order valence-corrected chi connectivity index (χ2v) is 6.78. The standard InChI is InChI=1S/C22H22N4O2/c1-13-8-14(2)21(15(3)9-13)26-20-12-23-19(11-24-20)22(28)25-18-7-5-6-17(10-18)16(4)27/h5-12H,1-4H3,(H,24,26)(H,25,28). The molecule has 3 aromatic rings. The summed E-state index contributed by atoms with van der Waals surface area (Å²) in [4.78, 5) is 32.4. The quantitative estimate of drug-likeness (QED) is 0.638. The van der Waals surface area contributed by atoms with Gasteiger partial charge in [-0.25, -0.2) is 9.97 Å². The molecule has 2 N–H and O–H groups in total. The van der Waals surface area contributed by atoms with Crippen molar-refractivity contribution in [2.24, 2.45) is 0 Å². The Hall–Kier alpha value is -3.54. The normalized spacial score (nSPS) is 10.4. The number of hydrogen-bond donors (Lipinski definition) is 2. The fraction of sp³-hybridized carbons (Fsp3) is 0.182. The van der Waals surface area contributed by atoms with E-state index in [0.717, 1.165) is 16.8 Å². The van der Waals surface area contributed by atoms with Crippen molar-refractivity contribution in [3.8, 4) is 0 Å². The number of aryl methyl sites for hydroxylation is 3. The molecule has 142 valence electrons. The number of rotatable bonds is 5. The Labute approximate surface area is 164 Å². The van der Waals surface area contributed by atoms with Gasteiger partial charge in [0.05, 0.1) is 12.4 Å². The molecular formula is C22H22N4O2. The van der Waals surface area contributed by atoms with Crippen LogP contribution in [0.15, 0.2) is 48.8 Å². The largest absolute Gasteiger partial charge is 0.339 e. The van der Waals surface area contributed by atoms with Crippen molar-refractivity contribution in [2.45, 2.75) is 27.7 Å². The Balaban J connectivity index is 1.73. The molecule has 0 bridgehead atoms. The van der Waals surface area contributed by atoms with Crippen LogP contribution in [0.2, 0.25) is 0 Å². The molecule has 0 saturated carbocycles. The van der Waals surface area contributed by atoms with Gasteiger partial charge < -0.3 is 10.6 Å². The number of benzene rings is 2. The van der Waals surface area contributed by atoms with Gasteiger partial charge in [-0.1, -0.05) is 29.8 Å². The maximum absolute atomic E-state index is 12.4. The van der Waals surface area contributed by atoms with Gasteiger partial charge in [-0.05, 0) is 51.0 Å². The number of Topliss-reactive ketones (excluding diaryl/α,β-unsaturated/α-hetero) is 1. The number of nitrogens with one attached hydrogen (secondary N) is 2. The highest BCUT2D eigenvalue weighted by atomic mass is 16.2. The van der Waals surface area contributed by atoms with E-state index in [1.165, 1.54) is 24.9 Å². The SMILES string of the molecule is CC(=O)c1cccc(NC(=O)c2cnc(Nc3c(C)cc(C)cc3C)cn2)c1. The highest BCUT2D eigenvalue weighted by Crippen LogP contribution is 2.24. The highest BCUT2D eigenvalue weighted by Gasteiger charge is 2.11. The molecule has 0 aliphatic carbocycles. The van der Waals surface area contributed by atoms with Crippen LogP contribution in [0.4, 0.5) is 17.2 Å². The minimum Gasteiger partial charge on any atom is -0.339 e. The number of amides is 1. The van der Waals surface area contributed by atoms with E-state index >= 15 is 0 Å². The monoisotopic (exact) mass is 374 g/mol. The molecule has 2 aromatic carbocycles. The number of nitrogens with zero attached hydrogens (tertiary/aromatic N) is 2. The molecule has 0 aliphatic heterocycles. The van der Waals surface area contributed by atoms with Crippen molar-refractivity contribution in [2.75, 3.05) is 10.6 Å². The molecule has 6 heteroatoms. The molecule has 0 spiro atoms. The van der Waals surface area contributed by atoms with Gasteiger partial charge in [0.15, 0.2) is 5.78 Å². The summed E-state index contributed by atoms with van der Waals surface area (Å²) < 4.78 is 0. The molecule has 0 aliphatic rings.